The topological polar surface area (TPSA) is 25.4 Å². The number of nitrogens with zero attached hydrogens (tertiary/aromatic N) is 2. The van der Waals surface area contributed by atoms with E-state index in [9.17, 15) is 0 Å². The van der Waals surface area contributed by atoms with Gasteiger partial charge in [-0.3, -0.25) is 4.90 Å². The maximum atomic E-state index is 6.32. The van der Waals surface area contributed by atoms with Gasteiger partial charge >= 0.3 is 0 Å². The largest absolute Gasteiger partial charge is 0.469 e. The second-order valence-electron chi connectivity index (χ2n) is 6.06. The van der Waals surface area contributed by atoms with Crippen molar-refractivity contribution in [1.82, 2.24) is 9.88 Å². The van der Waals surface area contributed by atoms with Crippen LogP contribution in [0.15, 0.2) is 12.3 Å². The Morgan fingerprint density at radius 1 is 1.44 bits per heavy atom. The van der Waals surface area contributed by atoms with Gasteiger partial charge in [0.25, 0.3) is 0 Å². The van der Waals surface area contributed by atoms with Crippen LogP contribution in [-0.4, -0.2) is 35.1 Å². The van der Waals surface area contributed by atoms with Gasteiger partial charge in [-0.2, -0.15) is 0 Å². The summed E-state index contributed by atoms with van der Waals surface area (Å²) in [7, 11) is 0. The SMILES string of the molecule is CCc1cnc2c(c1)CC1(CN3CCC1CC3)O2. The van der Waals surface area contributed by atoms with Crippen LogP contribution >= 0.6 is 0 Å². The average Bonchev–Trinajstić information content (AvgIpc) is 2.76. The molecule has 0 amide bonds. The molecule has 5 rings (SSSR count). The van der Waals surface area contributed by atoms with Crippen molar-refractivity contribution in [2.45, 2.75) is 38.2 Å². The van der Waals surface area contributed by atoms with E-state index >= 15 is 0 Å². The number of aryl methyl sites for hydroxylation is 1. The molecule has 1 aromatic heterocycles. The van der Waals surface area contributed by atoms with Crippen molar-refractivity contribution in [3.8, 4) is 5.88 Å². The smallest absolute Gasteiger partial charge is 0.217 e. The van der Waals surface area contributed by atoms with Gasteiger partial charge in [-0.25, -0.2) is 4.98 Å². The molecule has 1 unspecified atom stereocenters. The summed E-state index contributed by atoms with van der Waals surface area (Å²) < 4.78 is 6.32. The molecule has 4 aliphatic rings. The molecule has 3 heteroatoms. The summed E-state index contributed by atoms with van der Waals surface area (Å²) in [6, 6.07) is 2.30. The summed E-state index contributed by atoms with van der Waals surface area (Å²) in [6.45, 7) is 5.82. The Morgan fingerprint density at radius 3 is 2.94 bits per heavy atom. The highest BCUT2D eigenvalue weighted by molar-refractivity contribution is 5.37. The van der Waals surface area contributed by atoms with E-state index < -0.39 is 0 Å². The number of pyridine rings is 1. The first-order valence-electron chi connectivity index (χ1n) is 7.18. The Balaban J connectivity index is 1.68. The second-order valence-corrected chi connectivity index (χ2v) is 6.06. The molecular formula is C15H20N2O. The van der Waals surface area contributed by atoms with Crippen molar-refractivity contribution in [3.63, 3.8) is 0 Å². The summed E-state index contributed by atoms with van der Waals surface area (Å²) in [5, 5.41) is 0. The lowest BCUT2D eigenvalue weighted by atomic mass is 9.73. The molecule has 96 valence electrons. The predicted octanol–water partition coefficient (Wildman–Crippen LogP) is 2.04. The number of piperidine rings is 3. The standard InChI is InChI=1S/C15H20N2O/c1-2-11-7-12-8-15(18-14(12)16-9-11)10-17-5-3-13(15)4-6-17/h7,9,13H,2-6,8,10H2,1H3. The van der Waals surface area contributed by atoms with Crippen LogP contribution in [0.25, 0.3) is 0 Å². The fourth-order valence-electron chi connectivity index (χ4n) is 3.95. The highest BCUT2D eigenvalue weighted by Crippen LogP contribution is 2.46. The van der Waals surface area contributed by atoms with E-state index in [1.807, 2.05) is 6.20 Å². The molecule has 5 heterocycles. The van der Waals surface area contributed by atoms with Crippen LogP contribution in [-0.2, 0) is 12.8 Å². The number of hydrogen-bond acceptors (Lipinski definition) is 3. The van der Waals surface area contributed by atoms with Gasteiger partial charge < -0.3 is 4.74 Å². The van der Waals surface area contributed by atoms with Gasteiger partial charge in [0.05, 0.1) is 0 Å². The molecule has 0 aliphatic carbocycles. The Labute approximate surface area is 108 Å². The summed E-state index contributed by atoms with van der Waals surface area (Å²) in [5.41, 5.74) is 2.72. The van der Waals surface area contributed by atoms with Crippen LogP contribution < -0.4 is 4.74 Å². The number of hydrogen-bond donors (Lipinski definition) is 0. The van der Waals surface area contributed by atoms with Gasteiger partial charge in [-0.05, 0) is 44.0 Å². The maximum absolute atomic E-state index is 6.32. The van der Waals surface area contributed by atoms with Crippen LogP contribution in [0, 0.1) is 5.92 Å². The van der Waals surface area contributed by atoms with Gasteiger partial charge in [0, 0.05) is 30.6 Å². The average molecular weight is 244 g/mol. The Kier molecular flexibility index (Phi) is 2.22. The minimum atomic E-state index is 0.0538. The summed E-state index contributed by atoms with van der Waals surface area (Å²) >= 11 is 0. The summed E-state index contributed by atoms with van der Waals surface area (Å²) in [5.74, 6) is 1.64. The van der Waals surface area contributed by atoms with Gasteiger partial charge in [-0.1, -0.05) is 6.92 Å². The van der Waals surface area contributed by atoms with Crippen molar-refractivity contribution in [2.24, 2.45) is 5.92 Å². The third-order valence-corrected chi connectivity index (χ3v) is 5.00. The van der Waals surface area contributed by atoms with E-state index in [1.54, 1.807) is 0 Å². The number of fused-ring (bicyclic) bond motifs is 3. The molecule has 0 aromatic carbocycles. The van der Waals surface area contributed by atoms with Crippen LogP contribution in [0.3, 0.4) is 0 Å². The zero-order valence-electron chi connectivity index (χ0n) is 11.0. The lowest BCUT2D eigenvalue weighted by molar-refractivity contribution is -0.0814. The summed E-state index contributed by atoms with van der Waals surface area (Å²) in [4.78, 5) is 7.08. The van der Waals surface area contributed by atoms with Crippen LogP contribution in [0.5, 0.6) is 5.88 Å². The highest BCUT2D eigenvalue weighted by Gasteiger charge is 2.52. The van der Waals surface area contributed by atoms with Crippen LogP contribution in [0.1, 0.15) is 30.9 Å². The first kappa shape index (κ1) is 10.8. The number of ether oxygens (including phenoxy) is 1. The zero-order chi connectivity index (χ0) is 12.2. The molecule has 1 atom stereocenters. The molecule has 2 bridgehead atoms. The predicted molar refractivity (Wildman–Crippen MR) is 69.8 cm³/mol. The molecule has 1 spiro atoms. The minimum absolute atomic E-state index is 0.0538. The van der Waals surface area contributed by atoms with E-state index in [-0.39, 0.29) is 5.60 Å². The van der Waals surface area contributed by atoms with Gasteiger partial charge in [0.2, 0.25) is 5.88 Å². The Hall–Kier alpha value is -1.09. The van der Waals surface area contributed by atoms with Gasteiger partial charge in [0.1, 0.15) is 5.60 Å². The minimum Gasteiger partial charge on any atom is -0.469 e. The quantitative estimate of drug-likeness (QED) is 0.756. The maximum Gasteiger partial charge on any atom is 0.217 e. The third kappa shape index (κ3) is 1.43. The van der Waals surface area contributed by atoms with Crippen molar-refractivity contribution in [2.75, 3.05) is 19.6 Å². The molecule has 4 aliphatic heterocycles. The first-order valence-corrected chi connectivity index (χ1v) is 7.18. The Bertz CT molecular complexity index is 479. The van der Waals surface area contributed by atoms with Crippen molar-refractivity contribution in [1.29, 1.82) is 0 Å². The van der Waals surface area contributed by atoms with Crippen LogP contribution in [0.4, 0.5) is 0 Å². The van der Waals surface area contributed by atoms with E-state index in [0.29, 0.717) is 0 Å². The number of rotatable bonds is 1. The van der Waals surface area contributed by atoms with E-state index in [4.69, 9.17) is 4.74 Å². The summed E-state index contributed by atoms with van der Waals surface area (Å²) in [6.07, 6.45) is 6.70. The first-order chi connectivity index (χ1) is 8.79. The van der Waals surface area contributed by atoms with E-state index in [2.05, 4.69) is 22.9 Å². The molecule has 18 heavy (non-hydrogen) atoms. The van der Waals surface area contributed by atoms with E-state index in [1.165, 1.54) is 37.1 Å². The molecule has 0 saturated carbocycles. The van der Waals surface area contributed by atoms with Crippen molar-refractivity contribution in [3.05, 3.63) is 23.4 Å². The second kappa shape index (κ2) is 3.70. The van der Waals surface area contributed by atoms with Crippen molar-refractivity contribution >= 4 is 0 Å². The molecule has 0 N–H and O–H groups in total. The normalized spacial score (nSPS) is 36.7. The molecule has 0 radical (unpaired) electrons. The van der Waals surface area contributed by atoms with Gasteiger partial charge in [-0.15, -0.1) is 0 Å². The molecule has 1 aromatic rings. The third-order valence-electron chi connectivity index (χ3n) is 5.00. The Morgan fingerprint density at radius 2 is 2.28 bits per heavy atom. The van der Waals surface area contributed by atoms with Crippen LogP contribution in [0.2, 0.25) is 0 Å². The van der Waals surface area contributed by atoms with Crippen molar-refractivity contribution < 1.29 is 4.74 Å². The zero-order valence-corrected chi connectivity index (χ0v) is 11.0. The van der Waals surface area contributed by atoms with E-state index in [0.717, 1.165) is 31.2 Å². The van der Waals surface area contributed by atoms with Gasteiger partial charge in [0.15, 0.2) is 0 Å². The fourth-order valence-corrected chi connectivity index (χ4v) is 3.95. The molecule has 3 nitrogen and oxygen atoms in total. The number of aromatic nitrogens is 1. The highest BCUT2D eigenvalue weighted by atomic mass is 16.5. The molecule has 3 fully saturated rings. The lowest BCUT2D eigenvalue weighted by Crippen LogP contribution is -2.61. The molecular weight excluding hydrogens is 224 g/mol. The monoisotopic (exact) mass is 244 g/mol. The fraction of sp³-hybridized carbons (Fsp3) is 0.667. The lowest BCUT2D eigenvalue weighted by Gasteiger charge is -2.50. The molecule has 3 saturated heterocycles.